The first-order valence-electron chi connectivity index (χ1n) is 11.2. The van der Waals surface area contributed by atoms with Gasteiger partial charge in [-0.1, -0.05) is 29.8 Å². The van der Waals surface area contributed by atoms with E-state index in [-0.39, 0.29) is 30.0 Å². The van der Waals surface area contributed by atoms with Crippen LogP contribution in [0.15, 0.2) is 59.4 Å². The number of fused-ring (bicyclic) bond motifs is 1. The van der Waals surface area contributed by atoms with E-state index in [1.807, 2.05) is 31.2 Å². The van der Waals surface area contributed by atoms with Crippen LogP contribution in [0.3, 0.4) is 0 Å². The molecule has 3 aromatic rings. The second kappa shape index (κ2) is 10.2. The molecule has 3 N–H and O–H groups in total. The number of pyridine rings is 1. The molecule has 2 unspecified atom stereocenters. The Bertz CT molecular complexity index is 1200. The van der Waals surface area contributed by atoms with Crippen LogP contribution < -0.4 is 16.2 Å². The Labute approximate surface area is 197 Å². The summed E-state index contributed by atoms with van der Waals surface area (Å²) in [6, 6.07) is 14.6. The van der Waals surface area contributed by atoms with Crippen molar-refractivity contribution < 1.29 is 9.59 Å². The molecule has 0 bridgehead atoms. The van der Waals surface area contributed by atoms with E-state index in [2.05, 4.69) is 15.6 Å². The molecule has 172 valence electrons. The van der Waals surface area contributed by atoms with Crippen molar-refractivity contribution in [1.29, 1.82) is 0 Å². The smallest absolute Gasteiger partial charge is 0.251 e. The molecule has 1 aromatic heterocycles. The number of carbonyl (C=O) groups excluding carboxylic acids is 2. The molecular weight excluding hydrogens is 440 g/mol. The van der Waals surface area contributed by atoms with Crippen LogP contribution >= 0.6 is 11.6 Å². The number of carbonyl (C=O) groups is 2. The van der Waals surface area contributed by atoms with Gasteiger partial charge in [0, 0.05) is 40.5 Å². The summed E-state index contributed by atoms with van der Waals surface area (Å²) in [6.07, 6.45) is 2.00. The highest BCUT2D eigenvalue weighted by Gasteiger charge is 2.32. The summed E-state index contributed by atoms with van der Waals surface area (Å²) in [5.74, 6) is -0.543. The van der Waals surface area contributed by atoms with Gasteiger partial charge in [-0.15, -0.1) is 0 Å². The van der Waals surface area contributed by atoms with Crippen molar-refractivity contribution in [3.8, 4) is 0 Å². The number of benzene rings is 2. The minimum atomic E-state index is -0.833. The highest BCUT2D eigenvalue weighted by Crippen LogP contribution is 2.19. The largest absolute Gasteiger partial charge is 0.340 e. The van der Waals surface area contributed by atoms with E-state index >= 15 is 0 Å². The average Bonchev–Trinajstić information content (AvgIpc) is 3.34. The van der Waals surface area contributed by atoms with Crippen LogP contribution in [0.25, 0.3) is 10.9 Å². The number of aromatic amines is 1. The molecule has 8 heteroatoms. The van der Waals surface area contributed by atoms with E-state index in [0.717, 1.165) is 24.8 Å². The van der Waals surface area contributed by atoms with E-state index in [9.17, 15) is 14.4 Å². The number of likely N-dealkylation sites (N-methyl/N-ethyl adjacent to an activating group) is 1. The molecule has 4 rings (SSSR count). The monoisotopic (exact) mass is 466 g/mol. The van der Waals surface area contributed by atoms with Gasteiger partial charge < -0.3 is 15.2 Å². The molecule has 1 saturated heterocycles. The Morgan fingerprint density at radius 1 is 1.18 bits per heavy atom. The second-order valence-corrected chi connectivity index (χ2v) is 8.61. The van der Waals surface area contributed by atoms with E-state index in [0.29, 0.717) is 28.2 Å². The Hall–Kier alpha value is -3.16. The zero-order valence-corrected chi connectivity index (χ0v) is 19.2. The van der Waals surface area contributed by atoms with Crippen LogP contribution in [0.4, 0.5) is 0 Å². The van der Waals surface area contributed by atoms with E-state index in [4.69, 9.17) is 11.6 Å². The summed E-state index contributed by atoms with van der Waals surface area (Å²) in [4.78, 5) is 43.6. The van der Waals surface area contributed by atoms with Gasteiger partial charge >= 0.3 is 0 Å². The van der Waals surface area contributed by atoms with Gasteiger partial charge in [-0.25, -0.2) is 0 Å². The zero-order chi connectivity index (χ0) is 23.4. The fraction of sp³-hybridized carbons (Fsp3) is 0.320. The number of nitrogens with zero attached hydrogens (tertiary/aromatic N) is 1. The minimum absolute atomic E-state index is 0.0617. The SMILES string of the molecule is CCN(C(=O)C(Cc1cc(=O)[nH]c2ccccc12)NC(=O)c1ccc(Cl)cc1)C1CCCN1. The van der Waals surface area contributed by atoms with E-state index < -0.39 is 6.04 Å². The van der Waals surface area contributed by atoms with E-state index in [1.165, 1.54) is 6.07 Å². The average molecular weight is 467 g/mol. The van der Waals surface area contributed by atoms with Crippen molar-refractivity contribution in [3.63, 3.8) is 0 Å². The van der Waals surface area contributed by atoms with E-state index in [1.54, 1.807) is 29.2 Å². The van der Waals surface area contributed by atoms with Crippen LogP contribution in [-0.2, 0) is 11.2 Å². The van der Waals surface area contributed by atoms with Gasteiger partial charge in [0.1, 0.15) is 6.04 Å². The molecule has 7 nitrogen and oxygen atoms in total. The van der Waals surface area contributed by atoms with Gasteiger partial charge in [0.05, 0.1) is 6.17 Å². The van der Waals surface area contributed by atoms with Gasteiger partial charge in [-0.05, 0) is 62.2 Å². The number of H-pyrrole nitrogens is 1. The first-order chi connectivity index (χ1) is 16.0. The fourth-order valence-electron chi connectivity index (χ4n) is 4.37. The molecule has 33 heavy (non-hydrogen) atoms. The van der Waals surface area contributed by atoms with Gasteiger partial charge in [-0.2, -0.15) is 0 Å². The third-order valence-electron chi connectivity index (χ3n) is 6.00. The molecule has 2 aromatic carbocycles. The maximum atomic E-state index is 13.7. The van der Waals surface area contributed by atoms with Crippen molar-refractivity contribution in [2.75, 3.05) is 13.1 Å². The van der Waals surface area contributed by atoms with Crippen LogP contribution in [0.5, 0.6) is 0 Å². The molecular formula is C25H27ClN4O3. The molecule has 1 fully saturated rings. The summed E-state index contributed by atoms with van der Waals surface area (Å²) in [7, 11) is 0. The molecule has 0 radical (unpaired) electrons. The Kier molecular flexibility index (Phi) is 7.11. The van der Waals surface area contributed by atoms with Crippen molar-refractivity contribution in [1.82, 2.24) is 20.5 Å². The molecule has 2 atom stereocenters. The number of hydrogen-bond donors (Lipinski definition) is 3. The van der Waals surface area contributed by atoms with Crippen LogP contribution in [-0.4, -0.2) is 47.0 Å². The molecule has 0 saturated carbocycles. The Balaban J connectivity index is 1.67. The second-order valence-electron chi connectivity index (χ2n) is 8.18. The molecule has 1 aliphatic heterocycles. The van der Waals surface area contributed by atoms with Crippen LogP contribution in [0.2, 0.25) is 5.02 Å². The normalized spacial score (nSPS) is 16.5. The van der Waals surface area contributed by atoms with Gasteiger partial charge in [0.25, 0.3) is 5.91 Å². The quantitative estimate of drug-likeness (QED) is 0.498. The number of hydrogen-bond acceptors (Lipinski definition) is 4. The zero-order valence-electron chi connectivity index (χ0n) is 18.4. The summed E-state index contributed by atoms with van der Waals surface area (Å²) >= 11 is 5.95. The lowest BCUT2D eigenvalue weighted by atomic mass is 10.00. The molecule has 0 spiro atoms. The predicted octanol–water partition coefficient (Wildman–Crippen LogP) is 3.08. The number of aromatic nitrogens is 1. The Morgan fingerprint density at radius 3 is 2.64 bits per heavy atom. The lowest BCUT2D eigenvalue weighted by Crippen LogP contribution is -2.55. The van der Waals surface area contributed by atoms with Crippen molar-refractivity contribution in [2.24, 2.45) is 0 Å². The number of rotatable bonds is 7. The predicted molar refractivity (Wildman–Crippen MR) is 129 cm³/mol. The topological polar surface area (TPSA) is 94.3 Å². The van der Waals surface area contributed by atoms with Crippen molar-refractivity contribution in [3.05, 3.63) is 81.1 Å². The van der Waals surface area contributed by atoms with Gasteiger partial charge in [0.15, 0.2) is 0 Å². The Morgan fingerprint density at radius 2 is 1.94 bits per heavy atom. The summed E-state index contributed by atoms with van der Waals surface area (Å²) in [5.41, 5.74) is 1.57. The van der Waals surface area contributed by atoms with Crippen molar-refractivity contribution in [2.45, 2.75) is 38.4 Å². The number of nitrogens with one attached hydrogen (secondary N) is 3. The summed E-state index contributed by atoms with van der Waals surface area (Å²) in [5, 5.41) is 7.64. The summed E-state index contributed by atoms with van der Waals surface area (Å²) in [6.45, 7) is 3.30. The summed E-state index contributed by atoms with van der Waals surface area (Å²) < 4.78 is 0. The van der Waals surface area contributed by atoms with Gasteiger partial charge in [-0.3, -0.25) is 19.7 Å². The first-order valence-corrected chi connectivity index (χ1v) is 11.6. The molecule has 2 heterocycles. The third-order valence-corrected chi connectivity index (χ3v) is 6.26. The number of para-hydroxylation sites is 1. The first kappa shape index (κ1) is 23.0. The maximum absolute atomic E-state index is 13.7. The molecule has 1 aliphatic rings. The molecule has 0 aliphatic carbocycles. The number of amides is 2. The van der Waals surface area contributed by atoms with Crippen molar-refractivity contribution >= 4 is 34.3 Å². The highest BCUT2D eigenvalue weighted by atomic mass is 35.5. The standard InChI is InChI=1S/C25H27ClN4O3/c1-2-30(22-8-5-13-27-22)25(33)21(29-24(32)16-9-11-18(26)12-10-16)14-17-15-23(31)28-20-7-4-3-6-19(17)20/h3-4,6-7,9-12,15,21-22,27H,2,5,8,13-14H2,1H3,(H,28,31)(H,29,32). The minimum Gasteiger partial charge on any atom is -0.340 e. The lowest BCUT2D eigenvalue weighted by Gasteiger charge is -2.32. The fourth-order valence-corrected chi connectivity index (χ4v) is 4.50. The third kappa shape index (κ3) is 5.26. The number of halogens is 1. The molecule has 2 amide bonds. The lowest BCUT2D eigenvalue weighted by molar-refractivity contribution is -0.135. The highest BCUT2D eigenvalue weighted by molar-refractivity contribution is 6.30. The van der Waals surface area contributed by atoms with Crippen LogP contribution in [0, 0.1) is 0 Å². The van der Waals surface area contributed by atoms with Gasteiger partial charge in [0.2, 0.25) is 11.5 Å². The van der Waals surface area contributed by atoms with Crippen LogP contribution in [0.1, 0.15) is 35.7 Å². The maximum Gasteiger partial charge on any atom is 0.251 e.